The molecule has 3 aromatic rings. The second kappa shape index (κ2) is 7.65. The highest BCUT2D eigenvalue weighted by Gasteiger charge is 2.20. The van der Waals surface area contributed by atoms with Crippen LogP contribution < -0.4 is 10.2 Å². The first-order valence-corrected chi connectivity index (χ1v) is 9.94. The number of carbonyl (C=O) groups is 1. The van der Waals surface area contributed by atoms with Crippen LogP contribution in [-0.2, 0) is 4.79 Å². The van der Waals surface area contributed by atoms with Crippen LogP contribution in [0.4, 0.5) is 10.9 Å². The highest BCUT2D eigenvalue weighted by atomic mass is 79.9. The van der Waals surface area contributed by atoms with Crippen LogP contribution >= 0.6 is 27.3 Å². The molecular weight excluding hydrogens is 416 g/mol. The minimum atomic E-state index is -0.0513. The Balaban J connectivity index is 1.34. The monoisotopic (exact) mass is 432 g/mol. The van der Waals surface area contributed by atoms with Crippen molar-refractivity contribution in [1.82, 2.24) is 20.1 Å². The van der Waals surface area contributed by atoms with Crippen LogP contribution in [0.5, 0.6) is 0 Å². The summed E-state index contributed by atoms with van der Waals surface area (Å²) >= 11 is 4.81. The first kappa shape index (κ1) is 17.3. The van der Waals surface area contributed by atoms with Gasteiger partial charge in [-0.25, -0.2) is 4.98 Å². The van der Waals surface area contributed by atoms with Gasteiger partial charge in [0.25, 0.3) is 0 Å². The van der Waals surface area contributed by atoms with Crippen molar-refractivity contribution in [2.24, 2.45) is 0 Å². The number of nitrogens with one attached hydrogen (secondary N) is 1. The molecule has 9 heteroatoms. The molecule has 0 atom stereocenters. The minimum absolute atomic E-state index is 0.0513. The lowest BCUT2D eigenvalue weighted by atomic mass is 10.2. The van der Waals surface area contributed by atoms with Gasteiger partial charge in [-0.3, -0.25) is 15.0 Å². The van der Waals surface area contributed by atoms with E-state index in [1.165, 1.54) is 11.3 Å². The fourth-order valence-corrected chi connectivity index (χ4v) is 3.83. The summed E-state index contributed by atoms with van der Waals surface area (Å²) in [5.41, 5.74) is 2.59. The number of halogens is 1. The Bertz CT molecular complexity index is 911. The summed E-state index contributed by atoms with van der Waals surface area (Å²) in [4.78, 5) is 21.2. The number of piperazine rings is 1. The Morgan fingerprint density at radius 3 is 2.81 bits per heavy atom. The van der Waals surface area contributed by atoms with E-state index in [-0.39, 0.29) is 5.91 Å². The number of carbonyl (C=O) groups excluding carboxylic acids is 1. The largest absolute Gasteiger partial charge is 0.354 e. The van der Waals surface area contributed by atoms with Gasteiger partial charge in [0.15, 0.2) is 0 Å². The smallest absolute Gasteiger partial charge is 0.240 e. The molecular formula is C17H17BrN6OS. The van der Waals surface area contributed by atoms with E-state index in [2.05, 4.69) is 59.4 Å². The lowest BCUT2D eigenvalue weighted by molar-refractivity contribution is -0.117. The Labute approximate surface area is 163 Å². The third kappa shape index (κ3) is 4.00. The van der Waals surface area contributed by atoms with Crippen molar-refractivity contribution >= 4 is 55.0 Å². The molecule has 134 valence electrons. The molecule has 1 aliphatic heterocycles. The summed E-state index contributed by atoms with van der Waals surface area (Å²) in [6.07, 6.45) is 0. The molecule has 7 nitrogen and oxygen atoms in total. The van der Waals surface area contributed by atoms with E-state index < -0.39 is 0 Å². The molecule has 1 aliphatic rings. The molecule has 0 aliphatic carbocycles. The third-order valence-corrected chi connectivity index (χ3v) is 5.41. The highest BCUT2D eigenvalue weighted by molar-refractivity contribution is 9.10. The SMILES string of the molecule is O=C(CN1CCN(c2ccc3cc(Br)ccc3n2)CC1)Nc1nncs1. The normalized spacial score (nSPS) is 15.3. The predicted octanol–water partition coefficient (Wildman–Crippen LogP) is 2.61. The van der Waals surface area contributed by atoms with Gasteiger partial charge >= 0.3 is 0 Å². The molecule has 4 rings (SSSR count). The summed E-state index contributed by atoms with van der Waals surface area (Å²) in [7, 11) is 0. The summed E-state index contributed by atoms with van der Waals surface area (Å²) in [5.74, 6) is 0.933. The zero-order valence-electron chi connectivity index (χ0n) is 13.9. The average molecular weight is 433 g/mol. The number of anilines is 2. The molecule has 1 fully saturated rings. The Kier molecular flexibility index (Phi) is 5.09. The van der Waals surface area contributed by atoms with Gasteiger partial charge in [-0.15, -0.1) is 10.2 Å². The van der Waals surface area contributed by atoms with Crippen molar-refractivity contribution in [3.8, 4) is 0 Å². The van der Waals surface area contributed by atoms with Crippen LogP contribution in [0.1, 0.15) is 0 Å². The summed E-state index contributed by atoms with van der Waals surface area (Å²) in [6.45, 7) is 3.71. The molecule has 1 aromatic carbocycles. The van der Waals surface area contributed by atoms with E-state index in [1.54, 1.807) is 5.51 Å². The Hall–Kier alpha value is -2.10. The maximum atomic E-state index is 12.1. The van der Waals surface area contributed by atoms with E-state index >= 15 is 0 Å². The molecule has 0 radical (unpaired) electrons. The Morgan fingerprint density at radius 1 is 1.19 bits per heavy atom. The lowest BCUT2D eigenvalue weighted by Crippen LogP contribution is -2.48. The van der Waals surface area contributed by atoms with Gasteiger partial charge in [-0.05, 0) is 30.3 Å². The van der Waals surface area contributed by atoms with Crippen molar-refractivity contribution in [2.75, 3.05) is 42.9 Å². The molecule has 26 heavy (non-hydrogen) atoms. The molecule has 1 amide bonds. The maximum absolute atomic E-state index is 12.1. The van der Waals surface area contributed by atoms with Gasteiger partial charge < -0.3 is 4.90 Å². The zero-order valence-corrected chi connectivity index (χ0v) is 16.3. The molecule has 0 bridgehead atoms. The van der Waals surface area contributed by atoms with E-state index in [0.29, 0.717) is 11.7 Å². The van der Waals surface area contributed by atoms with Gasteiger partial charge in [0.05, 0.1) is 12.1 Å². The van der Waals surface area contributed by atoms with Crippen molar-refractivity contribution in [2.45, 2.75) is 0 Å². The molecule has 0 saturated carbocycles. The summed E-state index contributed by atoms with van der Waals surface area (Å²) in [5, 5.41) is 12.0. The van der Waals surface area contributed by atoms with Crippen LogP contribution in [0.3, 0.4) is 0 Å². The second-order valence-electron chi connectivity index (χ2n) is 6.06. The van der Waals surface area contributed by atoms with Crippen LogP contribution in [-0.4, -0.2) is 58.7 Å². The lowest BCUT2D eigenvalue weighted by Gasteiger charge is -2.35. The Morgan fingerprint density at radius 2 is 2.04 bits per heavy atom. The van der Waals surface area contributed by atoms with Gasteiger partial charge in [-0.1, -0.05) is 27.3 Å². The molecule has 0 spiro atoms. The fraction of sp³-hybridized carbons (Fsp3) is 0.294. The van der Waals surface area contributed by atoms with Crippen molar-refractivity contribution in [3.63, 3.8) is 0 Å². The van der Waals surface area contributed by atoms with Gasteiger partial charge in [0.2, 0.25) is 11.0 Å². The third-order valence-electron chi connectivity index (χ3n) is 4.31. The first-order chi connectivity index (χ1) is 12.7. The van der Waals surface area contributed by atoms with Gasteiger partial charge in [0.1, 0.15) is 11.3 Å². The van der Waals surface area contributed by atoms with Crippen LogP contribution in [0.2, 0.25) is 0 Å². The summed E-state index contributed by atoms with van der Waals surface area (Å²) < 4.78 is 1.06. The van der Waals surface area contributed by atoms with E-state index in [9.17, 15) is 4.79 Å². The highest BCUT2D eigenvalue weighted by Crippen LogP contribution is 2.22. The first-order valence-electron chi connectivity index (χ1n) is 8.27. The number of aromatic nitrogens is 3. The van der Waals surface area contributed by atoms with Crippen molar-refractivity contribution < 1.29 is 4.79 Å². The number of fused-ring (bicyclic) bond motifs is 1. The van der Waals surface area contributed by atoms with E-state index in [4.69, 9.17) is 4.98 Å². The second-order valence-corrected chi connectivity index (χ2v) is 7.81. The predicted molar refractivity (Wildman–Crippen MR) is 107 cm³/mol. The number of pyridine rings is 1. The minimum Gasteiger partial charge on any atom is -0.354 e. The number of hydrogen-bond acceptors (Lipinski definition) is 7. The summed E-state index contributed by atoms with van der Waals surface area (Å²) in [6, 6.07) is 10.3. The van der Waals surface area contributed by atoms with Crippen molar-refractivity contribution in [1.29, 1.82) is 0 Å². The van der Waals surface area contributed by atoms with Crippen LogP contribution in [0.15, 0.2) is 40.3 Å². The van der Waals surface area contributed by atoms with Crippen LogP contribution in [0.25, 0.3) is 10.9 Å². The van der Waals surface area contributed by atoms with Gasteiger partial charge in [0, 0.05) is 36.0 Å². The maximum Gasteiger partial charge on any atom is 0.240 e. The quantitative estimate of drug-likeness (QED) is 0.682. The molecule has 0 unspecified atom stereocenters. The molecule has 1 N–H and O–H groups in total. The number of hydrogen-bond donors (Lipinski definition) is 1. The molecule has 2 aromatic heterocycles. The number of benzene rings is 1. The molecule has 3 heterocycles. The standard InChI is InChI=1S/C17H17BrN6OS/c18-13-2-3-14-12(9-13)1-4-15(20-14)24-7-5-23(6-8-24)10-16(25)21-17-22-19-11-26-17/h1-4,9,11H,5-8,10H2,(H,21,22,25). The average Bonchev–Trinajstić information content (AvgIpc) is 3.15. The zero-order chi connectivity index (χ0) is 17.9. The van der Waals surface area contributed by atoms with Gasteiger partial charge in [-0.2, -0.15) is 0 Å². The number of nitrogens with zero attached hydrogens (tertiary/aromatic N) is 5. The number of rotatable bonds is 4. The van der Waals surface area contributed by atoms with E-state index in [1.807, 2.05) is 12.1 Å². The van der Waals surface area contributed by atoms with Crippen LogP contribution in [0, 0.1) is 0 Å². The molecule has 1 saturated heterocycles. The van der Waals surface area contributed by atoms with E-state index in [0.717, 1.165) is 47.4 Å². The fourth-order valence-electron chi connectivity index (χ4n) is 2.99. The number of amides is 1. The van der Waals surface area contributed by atoms with Crippen molar-refractivity contribution in [3.05, 3.63) is 40.3 Å². The topological polar surface area (TPSA) is 74.2 Å².